The van der Waals surface area contributed by atoms with E-state index in [4.69, 9.17) is 4.98 Å². The molecule has 1 atom stereocenters. The van der Waals surface area contributed by atoms with E-state index in [0.29, 0.717) is 12.0 Å². The lowest BCUT2D eigenvalue weighted by molar-refractivity contribution is 0.540. The molecule has 1 aliphatic heterocycles. The van der Waals surface area contributed by atoms with Crippen molar-refractivity contribution < 1.29 is 0 Å². The van der Waals surface area contributed by atoms with Crippen molar-refractivity contribution in [2.45, 2.75) is 46.1 Å². The molecule has 3 nitrogen and oxygen atoms in total. The predicted molar refractivity (Wildman–Crippen MR) is 79.6 cm³/mol. The highest BCUT2D eigenvalue weighted by Gasteiger charge is 2.20. The van der Waals surface area contributed by atoms with Gasteiger partial charge in [-0.3, -0.25) is 0 Å². The first-order valence-electron chi connectivity index (χ1n) is 7.11. The number of anilines is 1. The van der Waals surface area contributed by atoms with E-state index in [9.17, 15) is 0 Å². The Morgan fingerprint density at radius 1 is 1.56 bits per heavy atom. The maximum Gasteiger partial charge on any atom is 0.185 e. The van der Waals surface area contributed by atoms with Crippen molar-refractivity contribution in [1.82, 2.24) is 10.3 Å². The summed E-state index contributed by atoms with van der Waals surface area (Å²) < 4.78 is 0. The largest absolute Gasteiger partial charge is 0.346 e. The van der Waals surface area contributed by atoms with Crippen molar-refractivity contribution in [3.05, 3.63) is 11.1 Å². The number of nitrogens with one attached hydrogen (secondary N) is 1. The van der Waals surface area contributed by atoms with E-state index in [0.717, 1.165) is 19.5 Å². The third kappa shape index (κ3) is 3.69. The van der Waals surface area contributed by atoms with E-state index in [1.165, 1.54) is 30.2 Å². The first kappa shape index (κ1) is 13.8. The predicted octanol–water partition coefficient (Wildman–Crippen LogP) is 2.92. The van der Waals surface area contributed by atoms with Gasteiger partial charge >= 0.3 is 0 Å². The topological polar surface area (TPSA) is 28.2 Å². The Morgan fingerprint density at radius 2 is 2.39 bits per heavy atom. The van der Waals surface area contributed by atoms with Gasteiger partial charge in [-0.05, 0) is 31.7 Å². The third-order valence-corrected chi connectivity index (χ3v) is 4.31. The molecule has 18 heavy (non-hydrogen) atoms. The molecule has 1 aromatic heterocycles. The van der Waals surface area contributed by atoms with Gasteiger partial charge in [0.05, 0.1) is 5.69 Å². The highest BCUT2D eigenvalue weighted by atomic mass is 32.1. The van der Waals surface area contributed by atoms with Gasteiger partial charge in [0.25, 0.3) is 0 Å². The molecule has 0 saturated carbocycles. The van der Waals surface area contributed by atoms with E-state index in [-0.39, 0.29) is 0 Å². The Morgan fingerprint density at radius 3 is 2.94 bits per heavy atom. The number of aryl methyl sites for hydroxylation is 1. The fourth-order valence-corrected chi connectivity index (χ4v) is 3.38. The Labute approximate surface area is 115 Å². The number of hydrogen-bond donors (Lipinski definition) is 1. The first-order chi connectivity index (χ1) is 8.69. The van der Waals surface area contributed by atoms with E-state index in [1.54, 1.807) is 11.3 Å². The Kier molecular flexibility index (Phi) is 5.01. The van der Waals surface area contributed by atoms with Crippen LogP contribution in [-0.2, 0) is 6.42 Å². The lowest BCUT2D eigenvalue weighted by atomic mass is 10.2. The molecule has 0 radical (unpaired) electrons. The minimum absolute atomic E-state index is 0.651. The number of hydrogen-bond acceptors (Lipinski definition) is 4. The second-order valence-corrected chi connectivity index (χ2v) is 6.40. The SMILES string of the molecule is CCc1csc(N(CC(C)C)CC2CCCN2)n1. The summed E-state index contributed by atoms with van der Waals surface area (Å²) in [6, 6.07) is 0.651. The molecule has 1 saturated heterocycles. The van der Waals surface area contributed by atoms with Crippen LogP contribution in [0.2, 0.25) is 0 Å². The molecule has 1 N–H and O–H groups in total. The van der Waals surface area contributed by atoms with Gasteiger partial charge in [0.1, 0.15) is 0 Å². The monoisotopic (exact) mass is 267 g/mol. The van der Waals surface area contributed by atoms with Crippen molar-refractivity contribution in [3.8, 4) is 0 Å². The quantitative estimate of drug-likeness (QED) is 0.859. The van der Waals surface area contributed by atoms with Crippen LogP contribution in [-0.4, -0.2) is 30.7 Å². The maximum atomic E-state index is 4.74. The normalized spacial score (nSPS) is 19.7. The van der Waals surface area contributed by atoms with Gasteiger partial charge in [-0.1, -0.05) is 20.8 Å². The molecule has 1 fully saturated rings. The van der Waals surface area contributed by atoms with Gasteiger partial charge in [-0.15, -0.1) is 11.3 Å². The molecule has 0 aliphatic carbocycles. The van der Waals surface area contributed by atoms with Crippen LogP contribution < -0.4 is 10.2 Å². The summed E-state index contributed by atoms with van der Waals surface area (Å²) in [4.78, 5) is 7.21. The lowest BCUT2D eigenvalue weighted by Gasteiger charge is -2.27. The molecular weight excluding hydrogens is 242 g/mol. The van der Waals surface area contributed by atoms with Gasteiger partial charge in [0.15, 0.2) is 5.13 Å². The van der Waals surface area contributed by atoms with E-state index in [2.05, 4.69) is 36.4 Å². The molecule has 1 aromatic rings. The summed E-state index contributed by atoms with van der Waals surface area (Å²) in [5.74, 6) is 0.681. The zero-order valence-corrected chi connectivity index (χ0v) is 12.6. The zero-order valence-electron chi connectivity index (χ0n) is 11.8. The molecule has 2 heterocycles. The van der Waals surface area contributed by atoms with Crippen molar-refractivity contribution in [2.75, 3.05) is 24.5 Å². The summed E-state index contributed by atoms with van der Waals surface area (Å²) in [6.45, 7) is 10.1. The highest BCUT2D eigenvalue weighted by molar-refractivity contribution is 7.13. The summed E-state index contributed by atoms with van der Waals surface area (Å²) in [5.41, 5.74) is 1.23. The van der Waals surface area contributed by atoms with Crippen molar-refractivity contribution in [3.63, 3.8) is 0 Å². The minimum Gasteiger partial charge on any atom is -0.346 e. The average molecular weight is 267 g/mol. The van der Waals surface area contributed by atoms with Crippen molar-refractivity contribution in [1.29, 1.82) is 0 Å². The molecule has 0 spiro atoms. The molecule has 4 heteroatoms. The van der Waals surface area contributed by atoms with Crippen LogP contribution in [0, 0.1) is 5.92 Å². The van der Waals surface area contributed by atoms with Gasteiger partial charge < -0.3 is 10.2 Å². The van der Waals surface area contributed by atoms with Gasteiger partial charge in [0, 0.05) is 24.5 Å². The standard InChI is InChI=1S/C14H25N3S/c1-4-12-10-18-14(16-12)17(8-11(2)3)9-13-6-5-7-15-13/h10-11,13,15H,4-9H2,1-3H3. The van der Waals surface area contributed by atoms with Gasteiger partial charge in [0.2, 0.25) is 0 Å². The van der Waals surface area contributed by atoms with Crippen LogP contribution >= 0.6 is 11.3 Å². The second-order valence-electron chi connectivity index (χ2n) is 5.57. The molecule has 1 unspecified atom stereocenters. The summed E-state index contributed by atoms with van der Waals surface area (Å²) in [7, 11) is 0. The zero-order chi connectivity index (χ0) is 13.0. The van der Waals surface area contributed by atoms with Crippen LogP contribution in [0.4, 0.5) is 5.13 Å². The first-order valence-corrected chi connectivity index (χ1v) is 7.99. The Hall–Kier alpha value is -0.610. The lowest BCUT2D eigenvalue weighted by Crippen LogP contribution is -2.39. The van der Waals surface area contributed by atoms with E-state index in [1.807, 2.05) is 0 Å². The van der Waals surface area contributed by atoms with Gasteiger partial charge in [-0.2, -0.15) is 0 Å². The number of rotatable bonds is 6. The van der Waals surface area contributed by atoms with E-state index < -0.39 is 0 Å². The molecule has 102 valence electrons. The Balaban J connectivity index is 2.03. The Bertz CT molecular complexity index is 356. The second kappa shape index (κ2) is 6.53. The van der Waals surface area contributed by atoms with Crippen molar-refractivity contribution in [2.24, 2.45) is 5.92 Å². The summed E-state index contributed by atoms with van der Waals surface area (Å²) in [6.07, 6.45) is 3.66. The van der Waals surface area contributed by atoms with E-state index >= 15 is 0 Å². The smallest absolute Gasteiger partial charge is 0.185 e. The summed E-state index contributed by atoms with van der Waals surface area (Å²) >= 11 is 1.79. The average Bonchev–Trinajstić information content (AvgIpc) is 2.98. The van der Waals surface area contributed by atoms with Crippen LogP contribution in [0.25, 0.3) is 0 Å². The number of nitrogens with zero attached hydrogens (tertiary/aromatic N) is 2. The molecule has 0 amide bonds. The van der Waals surface area contributed by atoms with Crippen LogP contribution in [0.15, 0.2) is 5.38 Å². The fourth-order valence-electron chi connectivity index (χ4n) is 2.45. The van der Waals surface area contributed by atoms with Crippen LogP contribution in [0.5, 0.6) is 0 Å². The maximum absolute atomic E-state index is 4.74. The van der Waals surface area contributed by atoms with Crippen molar-refractivity contribution >= 4 is 16.5 Å². The molecule has 0 aromatic carbocycles. The van der Waals surface area contributed by atoms with Gasteiger partial charge in [-0.25, -0.2) is 4.98 Å². The minimum atomic E-state index is 0.651. The highest BCUT2D eigenvalue weighted by Crippen LogP contribution is 2.23. The molecular formula is C14H25N3S. The number of aromatic nitrogens is 1. The fraction of sp³-hybridized carbons (Fsp3) is 0.786. The summed E-state index contributed by atoms with van der Waals surface area (Å²) in [5, 5.41) is 6.99. The third-order valence-electron chi connectivity index (χ3n) is 3.36. The molecule has 0 bridgehead atoms. The van der Waals surface area contributed by atoms with Crippen LogP contribution in [0.3, 0.4) is 0 Å². The molecule has 2 rings (SSSR count). The number of thiazole rings is 1. The molecule has 1 aliphatic rings. The van der Waals surface area contributed by atoms with Crippen LogP contribution in [0.1, 0.15) is 39.3 Å².